The lowest BCUT2D eigenvalue weighted by Crippen LogP contribution is -2.35. The Hall–Kier alpha value is -2.43. The number of nitrogens with zero attached hydrogens (tertiary/aromatic N) is 5. The van der Waals surface area contributed by atoms with Crippen LogP contribution in [0.3, 0.4) is 0 Å². The first-order chi connectivity index (χ1) is 13.8. The van der Waals surface area contributed by atoms with Crippen molar-refractivity contribution < 1.29 is 22.2 Å². The van der Waals surface area contributed by atoms with E-state index in [-0.39, 0.29) is 36.0 Å². The first-order valence-corrected chi connectivity index (χ1v) is 11.0. The van der Waals surface area contributed by atoms with Crippen LogP contribution in [0.5, 0.6) is 0 Å². The van der Waals surface area contributed by atoms with Crippen LogP contribution in [0.2, 0.25) is 0 Å². The Bertz CT molecular complexity index is 1030. The molecule has 0 spiro atoms. The summed E-state index contributed by atoms with van der Waals surface area (Å²) in [7, 11) is -1.07. The molecule has 3 heterocycles. The van der Waals surface area contributed by atoms with Crippen LogP contribution < -0.4 is 0 Å². The maximum Gasteiger partial charge on any atom is 0.152 e. The molecule has 4 rings (SSSR count). The van der Waals surface area contributed by atoms with Crippen molar-refractivity contribution >= 4 is 15.4 Å². The number of aromatic nitrogens is 3. The molecule has 0 unspecified atom stereocenters. The SMILES string of the molecule is CN=[S@]1(=O)CC[C@](F)(c2c(F)cc(C3=NO[C@@H](Cn4ccnn4)C3)cc2F)CC1. The van der Waals surface area contributed by atoms with Gasteiger partial charge in [-0.15, -0.1) is 5.10 Å². The zero-order valence-corrected chi connectivity index (χ0v) is 16.5. The summed E-state index contributed by atoms with van der Waals surface area (Å²) in [4.78, 5) is 5.31. The maximum atomic E-state index is 15.4. The summed E-state index contributed by atoms with van der Waals surface area (Å²) in [6, 6.07) is 2.16. The molecule has 0 radical (unpaired) electrons. The van der Waals surface area contributed by atoms with E-state index in [9.17, 15) is 13.0 Å². The van der Waals surface area contributed by atoms with Gasteiger partial charge in [0, 0.05) is 46.5 Å². The molecule has 0 N–H and O–H groups in total. The Morgan fingerprint density at radius 1 is 1.31 bits per heavy atom. The van der Waals surface area contributed by atoms with Gasteiger partial charge in [0.15, 0.2) is 6.10 Å². The Kier molecular flexibility index (Phi) is 5.09. The van der Waals surface area contributed by atoms with Crippen LogP contribution in [0.15, 0.2) is 34.0 Å². The van der Waals surface area contributed by atoms with Crippen molar-refractivity contribution in [2.45, 2.75) is 37.6 Å². The van der Waals surface area contributed by atoms with Crippen LogP contribution in [-0.2, 0) is 26.8 Å². The molecule has 29 heavy (non-hydrogen) atoms. The summed E-state index contributed by atoms with van der Waals surface area (Å²) < 4.78 is 62.6. The first-order valence-electron chi connectivity index (χ1n) is 9.18. The van der Waals surface area contributed by atoms with Crippen molar-refractivity contribution in [3.8, 4) is 0 Å². The van der Waals surface area contributed by atoms with Crippen LogP contribution in [0.25, 0.3) is 0 Å². The highest BCUT2D eigenvalue weighted by atomic mass is 32.2. The molecule has 0 bridgehead atoms. The smallest absolute Gasteiger partial charge is 0.152 e. The van der Waals surface area contributed by atoms with Crippen LogP contribution in [0, 0.1) is 11.6 Å². The molecular weight excluding hydrogens is 407 g/mol. The minimum absolute atomic E-state index is 0.0227. The molecule has 1 atom stereocenters. The molecule has 2 aliphatic heterocycles. The van der Waals surface area contributed by atoms with Gasteiger partial charge in [0.1, 0.15) is 17.3 Å². The van der Waals surface area contributed by atoms with Gasteiger partial charge in [-0.2, -0.15) is 0 Å². The molecule has 0 aliphatic carbocycles. The summed E-state index contributed by atoms with van der Waals surface area (Å²) in [6.07, 6.45) is 2.73. The van der Waals surface area contributed by atoms with Crippen molar-refractivity contribution in [2.24, 2.45) is 9.52 Å². The molecule has 11 heteroatoms. The molecule has 7 nitrogen and oxygen atoms in total. The fourth-order valence-corrected chi connectivity index (χ4v) is 5.56. The quantitative estimate of drug-likeness (QED) is 0.751. The van der Waals surface area contributed by atoms with Crippen LogP contribution in [-0.4, -0.2) is 49.6 Å². The second-order valence-corrected chi connectivity index (χ2v) is 9.96. The lowest BCUT2D eigenvalue weighted by atomic mass is 9.87. The summed E-state index contributed by atoms with van der Waals surface area (Å²) in [5, 5.41) is 11.5. The predicted octanol–water partition coefficient (Wildman–Crippen LogP) is 2.81. The summed E-state index contributed by atoms with van der Waals surface area (Å²) in [5.74, 6) is -2.01. The molecule has 2 aliphatic rings. The van der Waals surface area contributed by atoms with E-state index in [0.29, 0.717) is 18.7 Å². The topological polar surface area (TPSA) is 81.7 Å². The van der Waals surface area contributed by atoms with Gasteiger partial charge in [-0.1, -0.05) is 10.4 Å². The lowest BCUT2D eigenvalue weighted by molar-refractivity contribution is 0.0693. The number of oxime groups is 1. The van der Waals surface area contributed by atoms with Crippen molar-refractivity contribution in [2.75, 3.05) is 18.6 Å². The van der Waals surface area contributed by atoms with Gasteiger partial charge in [0.25, 0.3) is 0 Å². The number of hydrogen-bond donors (Lipinski definition) is 0. The van der Waals surface area contributed by atoms with E-state index in [1.165, 1.54) is 13.2 Å². The molecule has 156 valence electrons. The highest BCUT2D eigenvalue weighted by Gasteiger charge is 2.42. The molecule has 0 saturated carbocycles. The molecule has 2 aromatic rings. The van der Waals surface area contributed by atoms with E-state index in [2.05, 4.69) is 19.8 Å². The van der Waals surface area contributed by atoms with Gasteiger partial charge < -0.3 is 4.84 Å². The Morgan fingerprint density at radius 3 is 2.59 bits per heavy atom. The lowest BCUT2D eigenvalue weighted by Gasteiger charge is -2.32. The summed E-state index contributed by atoms with van der Waals surface area (Å²) in [5.41, 5.74) is -2.24. The van der Waals surface area contributed by atoms with Crippen molar-refractivity contribution in [3.05, 3.63) is 47.3 Å². The van der Waals surface area contributed by atoms with E-state index < -0.39 is 32.6 Å². The molecule has 1 saturated heterocycles. The third kappa shape index (κ3) is 3.87. The van der Waals surface area contributed by atoms with Gasteiger partial charge in [-0.05, 0) is 25.0 Å². The summed E-state index contributed by atoms with van der Waals surface area (Å²) >= 11 is 0. The van der Waals surface area contributed by atoms with Gasteiger partial charge in [-0.3, -0.25) is 0 Å². The molecule has 1 aromatic heterocycles. The van der Waals surface area contributed by atoms with Crippen LogP contribution in [0.4, 0.5) is 13.2 Å². The zero-order chi connectivity index (χ0) is 20.6. The summed E-state index contributed by atoms with van der Waals surface area (Å²) in [6.45, 7) is 0.394. The highest BCUT2D eigenvalue weighted by molar-refractivity contribution is 7.93. The molecule has 1 aromatic carbocycles. The minimum atomic E-state index is -2.49. The third-order valence-corrected chi connectivity index (χ3v) is 7.74. The standard InChI is InChI=1S/C18H20F3N5O2S/c1-22-29(27)6-2-18(21,3-7-29)17-14(19)8-12(9-15(17)20)16-10-13(28-24-16)11-26-5-4-23-25-26/h4-5,8-9,13H,2-3,6-7,10-11H2,1H3/t13-,18-,29+/m1/s1. The third-order valence-electron chi connectivity index (χ3n) is 5.39. The van der Waals surface area contributed by atoms with Gasteiger partial charge in [-0.25, -0.2) is 26.4 Å². The van der Waals surface area contributed by atoms with E-state index in [0.717, 1.165) is 12.1 Å². The first kappa shape index (κ1) is 19.9. The van der Waals surface area contributed by atoms with Crippen molar-refractivity contribution in [3.63, 3.8) is 0 Å². The number of halogens is 3. The van der Waals surface area contributed by atoms with E-state index in [4.69, 9.17) is 4.84 Å². The molecular formula is C18H20F3N5O2S. The normalized spacial score (nSPS) is 29.4. The fraction of sp³-hybridized carbons (Fsp3) is 0.500. The Morgan fingerprint density at radius 2 is 2.00 bits per heavy atom. The van der Waals surface area contributed by atoms with Crippen molar-refractivity contribution in [1.82, 2.24) is 15.0 Å². The minimum Gasteiger partial charge on any atom is -0.390 e. The predicted molar refractivity (Wildman–Crippen MR) is 101 cm³/mol. The van der Waals surface area contributed by atoms with E-state index in [1.54, 1.807) is 10.9 Å². The molecule has 1 fully saturated rings. The van der Waals surface area contributed by atoms with Crippen LogP contribution in [0.1, 0.15) is 30.4 Å². The molecule has 0 amide bonds. The highest BCUT2D eigenvalue weighted by Crippen LogP contribution is 2.41. The number of hydrogen-bond acceptors (Lipinski definition) is 6. The largest absolute Gasteiger partial charge is 0.390 e. The number of alkyl halides is 1. The van der Waals surface area contributed by atoms with Gasteiger partial charge in [0.05, 0.1) is 24.0 Å². The Balaban J connectivity index is 1.53. The second-order valence-electron chi connectivity index (χ2n) is 7.24. The second kappa shape index (κ2) is 7.43. The number of benzene rings is 1. The zero-order valence-electron chi connectivity index (χ0n) is 15.7. The van der Waals surface area contributed by atoms with Gasteiger partial charge >= 0.3 is 0 Å². The van der Waals surface area contributed by atoms with Crippen LogP contribution >= 0.6 is 0 Å². The number of rotatable bonds is 4. The average molecular weight is 427 g/mol. The Labute approximate surface area is 166 Å². The fourth-order valence-electron chi connectivity index (χ4n) is 3.71. The van der Waals surface area contributed by atoms with E-state index in [1.807, 2.05) is 0 Å². The average Bonchev–Trinajstić information content (AvgIpc) is 3.36. The van der Waals surface area contributed by atoms with E-state index >= 15 is 4.39 Å². The van der Waals surface area contributed by atoms with Crippen molar-refractivity contribution in [1.29, 1.82) is 0 Å². The maximum absolute atomic E-state index is 15.4. The monoisotopic (exact) mass is 427 g/mol. The van der Waals surface area contributed by atoms with Gasteiger partial charge in [0.2, 0.25) is 0 Å².